The number of aromatic amines is 2. The van der Waals surface area contributed by atoms with Crippen molar-refractivity contribution in [3.63, 3.8) is 0 Å². The summed E-state index contributed by atoms with van der Waals surface area (Å²) in [5, 5.41) is 7.41. The van der Waals surface area contributed by atoms with Gasteiger partial charge in [-0.15, -0.1) is 0 Å². The first-order chi connectivity index (χ1) is 17.5. The Morgan fingerprint density at radius 2 is 1.83 bits per heavy atom. The number of hydrogen-bond donors (Lipinski definition) is 2. The van der Waals surface area contributed by atoms with E-state index in [0.717, 1.165) is 11.1 Å². The highest BCUT2D eigenvalue weighted by Crippen LogP contribution is 2.34. The van der Waals surface area contributed by atoms with Gasteiger partial charge in [0.25, 0.3) is 0 Å². The van der Waals surface area contributed by atoms with Crippen LogP contribution in [0, 0.1) is 11.6 Å². The van der Waals surface area contributed by atoms with Crippen LogP contribution in [-0.2, 0) is 6.54 Å². The fourth-order valence-corrected chi connectivity index (χ4v) is 4.34. The third kappa shape index (κ3) is 3.77. The summed E-state index contributed by atoms with van der Waals surface area (Å²) < 4.78 is 29.8. The Morgan fingerprint density at radius 1 is 0.944 bits per heavy atom. The molecule has 0 aliphatic heterocycles. The summed E-state index contributed by atoms with van der Waals surface area (Å²) in [5.74, 6) is -0.538. The highest BCUT2D eigenvalue weighted by Gasteiger charge is 2.21. The monoisotopic (exact) mass is 482 g/mol. The lowest BCUT2D eigenvalue weighted by molar-refractivity contribution is 0.402. The van der Waals surface area contributed by atoms with E-state index >= 15 is 4.39 Å². The summed E-state index contributed by atoms with van der Waals surface area (Å²) >= 11 is 0. The van der Waals surface area contributed by atoms with Gasteiger partial charge in [0.05, 0.1) is 22.6 Å². The van der Waals surface area contributed by atoms with Crippen LogP contribution in [0.3, 0.4) is 0 Å². The Labute approximate surface area is 204 Å². The van der Waals surface area contributed by atoms with Gasteiger partial charge in [0, 0.05) is 36.3 Å². The molecule has 0 spiro atoms. The number of fused-ring (bicyclic) bond motifs is 2. The van der Waals surface area contributed by atoms with E-state index in [1.54, 1.807) is 43.0 Å². The van der Waals surface area contributed by atoms with Crippen LogP contribution in [0.15, 0.2) is 61.2 Å². The molecule has 10 heteroatoms. The molecule has 0 bridgehead atoms. The first-order valence-corrected chi connectivity index (χ1v) is 11.2. The standard InChI is InChI=1S/C26H20F2N8/c1-36(2)13-14-8-16(11-29-10-14)22-21(28)20-19(12-31-22)34-35-24(20)26-32-23-18(6-7-30-25(23)33-26)15-4-3-5-17(27)9-15/h3-12H,13H2,1-2H3,(H,34,35)(H,30,32,33). The van der Waals surface area contributed by atoms with Crippen molar-refractivity contribution >= 4 is 22.1 Å². The van der Waals surface area contributed by atoms with E-state index in [1.807, 2.05) is 25.1 Å². The van der Waals surface area contributed by atoms with Gasteiger partial charge in [0.2, 0.25) is 0 Å². The number of imidazole rings is 1. The Hall–Kier alpha value is -4.57. The van der Waals surface area contributed by atoms with Crippen LogP contribution in [0.25, 0.3) is 56.0 Å². The van der Waals surface area contributed by atoms with E-state index in [9.17, 15) is 4.39 Å². The molecule has 0 atom stereocenters. The summed E-state index contributed by atoms with van der Waals surface area (Å²) in [7, 11) is 3.91. The third-order valence-corrected chi connectivity index (χ3v) is 5.86. The van der Waals surface area contributed by atoms with E-state index in [1.165, 1.54) is 12.1 Å². The number of aromatic nitrogens is 7. The van der Waals surface area contributed by atoms with Crippen molar-refractivity contribution in [1.82, 2.24) is 40.0 Å². The molecular weight excluding hydrogens is 462 g/mol. The molecule has 0 radical (unpaired) electrons. The molecule has 0 amide bonds. The molecule has 0 saturated carbocycles. The molecule has 0 saturated heterocycles. The lowest BCUT2D eigenvalue weighted by Gasteiger charge is -2.10. The molecular formula is C26H20F2N8. The molecule has 0 aliphatic rings. The van der Waals surface area contributed by atoms with E-state index in [2.05, 4.69) is 35.1 Å². The highest BCUT2D eigenvalue weighted by atomic mass is 19.1. The summed E-state index contributed by atoms with van der Waals surface area (Å²) in [5.41, 5.74) is 4.83. The Kier molecular flexibility index (Phi) is 5.23. The second-order valence-corrected chi connectivity index (χ2v) is 8.75. The maximum Gasteiger partial charge on any atom is 0.178 e. The van der Waals surface area contributed by atoms with Crippen molar-refractivity contribution in [1.29, 1.82) is 0 Å². The first-order valence-electron chi connectivity index (χ1n) is 11.2. The zero-order valence-corrected chi connectivity index (χ0v) is 19.4. The molecule has 0 unspecified atom stereocenters. The zero-order valence-electron chi connectivity index (χ0n) is 19.4. The fourth-order valence-electron chi connectivity index (χ4n) is 4.34. The predicted molar refractivity (Wildman–Crippen MR) is 133 cm³/mol. The number of rotatable bonds is 5. The van der Waals surface area contributed by atoms with Crippen LogP contribution in [0.4, 0.5) is 8.78 Å². The minimum Gasteiger partial charge on any atom is -0.335 e. The highest BCUT2D eigenvalue weighted by molar-refractivity contribution is 5.97. The van der Waals surface area contributed by atoms with E-state index in [4.69, 9.17) is 0 Å². The molecule has 178 valence electrons. The Morgan fingerprint density at radius 3 is 2.67 bits per heavy atom. The van der Waals surface area contributed by atoms with Gasteiger partial charge in [-0.2, -0.15) is 5.10 Å². The minimum absolute atomic E-state index is 0.174. The third-order valence-electron chi connectivity index (χ3n) is 5.86. The van der Waals surface area contributed by atoms with Crippen molar-refractivity contribution < 1.29 is 8.78 Å². The number of halogens is 2. The topological polar surface area (TPSA) is 99.3 Å². The van der Waals surface area contributed by atoms with E-state index in [-0.39, 0.29) is 16.9 Å². The maximum absolute atomic E-state index is 15.9. The Bertz CT molecular complexity index is 1740. The average molecular weight is 482 g/mol. The fraction of sp³-hybridized carbons (Fsp3) is 0.115. The molecule has 5 aromatic heterocycles. The largest absolute Gasteiger partial charge is 0.335 e. The first kappa shape index (κ1) is 21.9. The van der Waals surface area contributed by atoms with Crippen molar-refractivity contribution in [2.75, 3.05) is 14.1 Å². The van der Waals surface area contributed by atoms with Crippen molar-refractivity contribution in [2.24, 2.45) is 0 Å². The van der Waals surface area contributed by atoms with Gasteiger partial charge in [-0.05, 0) is 49.5 Å². The van der Waals surface area contributed by atoms with Gasteiger partial charge in [-0.1, -0.05) is 12.1 Å². The van der Waals surface area contributed by atoms with Crippen LogP contribution in [0.1, 0.15) is 5.56 Å². The van der Waals surface area contributed by atoms with Gasteiger partial charge in [0.1, 0.15) is 17.2 Å². The van der Waals surface area contributed by atoms with Gasteiger partial charge in [-0.3, -0.25) is 15.1 Å². The second kappa shape index (κ2) is 8.58. The minimum atomic E-state index is -0.529. The lowest BCUT2D eigenvalue weighted by Crippen LogP contribution is -2.10. The number of nitrogens with one attached hydrogen (secondary N) is 2. The average Bonchev–Trinajstić information content (AvgIpc) is 3.48. The smallest absolute Gasteiger partial charge is 0.178 e. The Balaban J connectivity index is 1.49. The molecule has 2 N–H and O–H groups in total. The van der Waals surface area contributed by atoms with Crippen LogP contribution in [-0.4, -0.2) is 54.1 Å². The van der Waals surface area contributed by atoms with E-state index < -0.39 is 5.82 Å². The number of hydrogen-bond acceptors (Lipinski definition) is 6. The lowest BCUT2D eigenvalue weighted by atomic mass is 10.1. The van der Waals surface area contributed by atoms with Crippen LogP contribution in [0.2, 0.25) is 0 Å². The van der Waals surface area contributed by atoms with Crippen LogP contribution < -0.4 is 0 Å². The predicted octanol–water partition coefficient (Wildman–Crippen LogP) is 4.97. The van der Waals surface area contributed by atoms with Crippen molar-refractivity contribution in [3.8, 4) is 33.9 Å². The SMILES string of the molecule is CN(C)Cc1cncc(-c2ncc3[nH]nc(-c4nc5nccc(-c6cccc(F)c6)c5[nH]4)c3c2F)c1. The zero-order chi connectivity index (χ0) is 24.8. The molecule has 8 nitrogen and oxygen atoms in total. The molecule has 1 aromatic carbocycles. The normalized spacial score (nSPS) is 11.7. The maximum atomic E-state index is 15.9. The van der Waals surface area contributed by atoms with Crippen LogP contribution in [0.5, 0.6) is 0 Å². The van der Waals surface area contributed by atoms with Gasteiger partial charge < -0.3 is 9.88 Å². The molecule has 6 aromatic rings. The molecule has 0 aliphatic carbocycles. The van der Waals surface area contributed by atoms with Gasteiger partial charge in [-0.25, -0.2) is 18.7 Å². The summed E-state index contributed by atoms with van der Waals surface area (Å²) in [6.07, 6.45) is 6.49. The summed E-state index contributed by atoms with van der Waals surface area (Å²) in [4.78, 5) is 22.7. The van der Waals surface area contributed by atoms with Gasteiger partial charge in [0.15, 0.2) is 17.3 Å². The quantitative estimate of drug-likeness (QED) is 0.360. The number of nitrogens with zero attached hydrogens (tertiary/aromatic N) is 6. The number of H-pyrrole nitrogens is 2. The number of benzene rings is 1. The van der Waals surface area contributed by atoms with Crippen molar-refractivity contribution in [2.45, 2.75) is 6.54 Å². The van der Waals surface area contributed by atoms with Crippen LogP contribution >= 0.6 is 0 Å². The van der Waals surface area contributed by atoms with Gasteiger partial charge >= 0.3 is 0 Å². The van der Waals surface area contributed by atoms with Crippen molar-refractivity contribution in [3.05, 3.63) is 78.4 Å². The van der Waals surface area contributed by atoms with E-state index in [0.29, 0.717) is 45.9 Å². The summed E-state index contributed by atoms with van der Waals surface area (Å²) in [6.45, 7) is 0.668. The second-order valence-electron chi connectivity index (χ2n) is 8.75. The molecule has 0 fully saturated rings. The summed E-state index contributed by atoms with van der Waals surface area (Å²) in [6, 6.07) is 9.92. The molecule has 5 heterocycles. The molecule has 6 rings (SSSR count). The number of pyridine rings is 3. The molecule has 36 heavy (non-hydrogen) atoms.